The Morgan fingerprint density at radius 2 is 1.68 bits per heavy atom. The lowest BCUT2D eigenvalue weighted by atomic mass is 10.1. The molecule has 3 aromatic rings. The van der Waals surface area contributed by atoms with Crippen molar-refractivity contribution in [2.24, 2.45) is 0 Å². The summed E-state index contributed by atoms with van der Waals surface area (Å²) in [5.74, 6) is -0.234. The van der Waals surface area contributed by atoms with Crippen molar-refractivity contribution in [3.8, 4) is 0 Å². The highest BCUT2D eigenvalue weighted by Gasteiger charge is 2.35. The highest BCUT2D eigenvalue weighted by molar-refractivity contribution is 8.00. The smallest absolute Gasteiger partial charge is 0.297 e. The maximum atomic E-state index is 13.3. The third-order valence-electron chi connectivity index (χ3n) is 3.51. The van der Waals surface area contributed by atoms with Gasteiger partial charge in [-0.2, -0.15) is 13.2 Å². The Hall–Kier alpha value is -2.65. The van der Waals surface area contributed by atoms with Gasteiger partial charge in [-0.05, 0) is 11.1 Å². The summed E-state index contributed by atoms with van der Waals surface area (Å²) >= 11 is 2.54. The number of hydrogen-bond acceptors (Lipinski definition) is 5. The van der Waals surface area contributed by atoms with Crippen LogP contribution in [0.5, 0.6) is 0 Å². The van der Waals surface area contributed by atoms with Crippen LogP contribution in [0, 0.1) is 0 Å². The predicted molar refractivity (Wildman–Crippen MR) is 105 cm³/mol. The standard InChI is InChI=1S/C19H14F3N3OS2/c20-19(21,22)15(14-9-5-2-6-10-14)11-16(26)23-17-24-25-18(28-17)27-12-13-7-3-1-4-8-13/h1-11H,12H2,(H,23,24,26)/b15-11+. The SMILES string of the molecule is O=C(/C=C(\c1ccccc1)C(F)(F)F)Nc1nnc(SCc2ccccc2)s1. The maximum absolute atomic E-state index is 13.3. The van der Waals surface area contributed by atoms with Gasteiger partial charge >= 0.3 is 6.18 Å². The van der Waals surface area contributed by atoms with Crippen LogP contribution < -0.4 is 5.32 Å². The van der Waals surface area contributed by atoms with Gasteiger partial charge in [-0.25, -0.2) is 0 Å². The highest BCUT2D eigenvalue weighted by Crippen LogP contribution is 2.34. The van der Waals surface area contributed by atoms with Gasteiger partial charge in [0.25, 0.3) is 5.91 Å². The van der Waals surface area contributed by atoms with Crippen LogP contribution in [-0.2, 0) is 10.5 Å². The zero-order valence-corrected chi connectivity index (χ0v) is 15.9. The van der Waals surface area contributed by atoms with E-state index >= 15 is 0 Å². The zero-order valence-electron chi connectivity index (χ0n) is 14.3. The monoisotopic (exact) mass is 421 g/mol. The molecule has 1 amide bonds. The summed E-state index contributed by atoms with van der Waals surface area (Å²) in [4.78, 5) is 12.1. The van der Waals surface area contributed by atoms with Crippen molar-refractivity contribution in [2.75, 3.05) is 5.32 Å². The number of anilines is 1. The van der Waals surface area contributed by atoms with Gasteiger partial charge in [0.2, 0.25) is 5.13 Å². The van der Waals surface area contributed by atoms with Crippen molar-refractivity contribution in [3.05, 3.63) is 77.9 Å². The Bertz CT molecular complexity index is 957. The fourth-order valence-corrected chi connectivity index (χ4v) is 3.97. The topological polar surface area (TPSA) is 54.9 Å². The molecule has 1 heterocycles. The number of alkyl halides is 3. The van der Waals surface area contributed by atoms with Crippen LogP contribution in [0.3, 0.4) is 0 Å². The molecule has 9 heteroatoms. The van der Waals surface area contributed by atoms with Crippen LogP contribution in [0.15, 0.2) is 71.1 Å². The Labute approximate surface area is 167 Å². The summed E-state index contributed by atoms with van der Waals surface area (Å²) in [5, 5.41) is 10.3. The number of carbonyl (C=O) groups is 1. The van der Waals surface area contributed by atoms with Gasteiger partial charge in [0, 0.05) is 11.8 Å². The molecule has 0 atom stereocenters. The number of allylic oxidation sites excluding steroid dienone is 1. The molecular weight excluding hydrogens is 407 g/mol. The first-order chi connectivity index (χ1) is 13.4. The second-order valence-corrected chi connectivity index (χ2v) is 7.76. The lowest BCUT2D eigenvalue weighted by molar-refractivity contribution is -0.112. The normalized spacial score (nSPS) is 12.0. The minimum atomic E-state index is -4.66. The van der Waals surface area contributed by atoms with Gasteiger partial charge in [0.15, 0.2) is 4.34 Å². The van der Waals surface area contributed by atoms with E-state index in [4.69, 9.17) is 0 Å². The number of nitrogens with one attached hydrogen (secondary N) is 1. The third kappa shape index (κ3) is 5.67. The number of hydrogen-bond donors (Lipinski definition) is 1. The molecule has 144 valence electrons. The van der Waals surface area contributed by atoms with Crippen LogP contribution >= 0.6 is 23.1 Å². The van der Waals surface area contributed by atoms with E-state index in [0.29, 0.717) is 16.2 Å². The summed E-state index contributed by atoms with van der Waals surface area (Å²) < 4.78 is 40.5. The van der Waals surface area contributed by atoms with Gasteiger partial charge < -0.3 is 0 Å². The molecule has 2 aromatic carbocycles. The average Bonchev–Trinajstić information content (AvgIpc) is 3.12. The maximum Gasteiger partial charge on any atom is 0.417 e. The summed E-state index contributed by atoms with van der Waals surface area (Å²) in [6.45, 7) is 0. The molecule has 0 fully saturated rings. The summed E-state index contributed by atoms with van der Waals surface area (Å²) in [6.07, 6.45) is -4.12. The van der Waals surface area contributed by atoms with Gasteiger partial charge in [0.05, 0.1) is 5.57 Å². The Morgan fingerprint density at radius 3 is 2.32 bits per heavy atom. The highest BCUT2D eigenvalue weighted by atomic mass is 32.2. The molecule has 1 aromatic heterocycles. The Balaban J connectivity index is 1.67. The van der Waals surface area contributed by atoms with Gasteiger partial charge in [-0.15, -0.1) is 10.2 Å². The molecule has 0 aliphatic heterocycles. The molecule has 1 N–H and O–H groups in total. The minimum absolute atomic E-state index is 0.0819. The first-order valence-electron chi connectivity index (χ1n) is 8.07. The van der Waals surface area contributed by atoms with E-state index in [-0.39, 0.29) is 10.7 Å². The second kappa shape index (κ2) is 9.03. The van der Waals surface area contributed by atoms with Crippen LogP contribution in [0.4, 0.5) is 18.3 Å². The molecule has 0 saturated carbocycles. The van der Waals surface area contributed by atoms with E-state index in [2.05, 4.69) is 15.5 Å². The fraction of sp³-hybridized carbons (Fsp3) is 0.105. The second-order valence-electron chi connectivity index (χ2n) is 5.56. The largest absolute Gasteiger partial charge is 0.417 e. The van der Waals surface area contributed by atoms with Crippen LogP contribution in [0.2, 0.25) is 0 Å². The molecule has 0 aliphatic carbocycles. The first-order valence-corrected chi connectivity index (χ1v) is 9.87. The van der Waals surface area contributed by atoms with E-state index in [0.717, 1.165) is 16.9 Å². The van der Waals surface area contributed by atoms with Gasteiger partial charge in [-0.1, -0.05) is 83.8 Å². The summed E-state index contributed by atoms with van der Waals surface area (Å²) in [5.41, 5.74) is 0.00390. The molecular formula is C19H14F3N3OS2. The van der Waals surface area contributed by atoms with Gasteiger partial charge in [0.1, 0.15) is 0 Å². The van der Waals surface area contributed by atoms with Crippen molar-refractivity contribution in [3.63, 3.8) is 0 Å². The predicted octanol–water partition coefficient (Wildman–Crippen LogP) is 5.41. The van der Waals surface area contributed by atoms with Crippen molar-refractivity contribution < 1.29 is 18.0 Å². The molecule has 0 spiro atoms. The first kappa shape index (κ1) is 20.1. The van der Waals surface area contributed by atoms with Gasteiger partial charge in [-0.3, -0.25) is 10.1 Å². The van der Waals surface area contributed by atoms with Crippen molar-refractivity contribution in [1.82, 2.24) is 10.2 Å². The minimum Gasteiger partial charge on any atom is -0.297 e. The number of amides is 1. The summed E-state index contributed by atoms with van der Waals surface area (Å²) in [7, 11) is 0. The molecule has 0 bridgehead atoms. The quantitative estimate of drug-likeness (QED) is 0.328. The molecule has 4 nitrogen and oxygen atoms in total. The molecule has 0 saturated heterocycles. The number of benzene rings is 2. The van der Waals surface area contributed by atoms with E-state index in [1.165, 1.54) is 36.0 Å². The van der Waals surface area contributed by atoms with Crippen LogP contribution in [0.1, 0.15) is 11.1 Å². The van der Waals surface area contributed by atoms with Crippen LogP contribution in [-0.4, -0.2) is 22.3 Å². The third-order valence-corrected chi connectivity index (χ3v) is 5.55. The molecule has 0 unspecified atom stereocenters. The van der Waals surface area contributed by atoms with E-state index in [1.807, 2.05) is 30.3 Å². The number of thioether (sulfide) groups is 1. The number of aromatic nitrogens is 2. The van der Waals surface area contributed by atoms with E-state index in [9.17, 15) is 18.0 Å². The zero-order chi connectivity index (χ0) is 20.0. The van der Waals surface area contributed by atoms with E-state index < -0.39 is 17.7 Å². The fourth-order valence-electron chi connectivity index (χ4n) is 2.26. The molecule has 0 radical (unpaired) electrons. The van der Waals surface area contributed by atoms with Crippen molar-refractivity contribution >= 4 is 39.7 Å². The molecule has 3 rings (SSSR count). The lowest BCUT2D eigenvalue weighted by Crippen LogP contribution is -2.16. The summed E-state index contributed by atoms with van der Waals surface area (Å²) in [6, 6.07) is 16.9. The lowest BCUT2D eigenvalue weighted by Gasteiger charge is -2.11. The number of rotatable bonds is 6. The van der Waals surface area contributed by atoms with Crippen molar-refractivity contribution in [1.29, 1.82) is 0 Å². The van der Waals surface area contributed by atoms with E-state index in [1.54, 1.807) is 6.07 Å². The molecule has 28 heavy (non-hydrogen) atoms. The number of halogens is 3. The Kier molecular flexibility index (Phi) is 6.48. The number of nitrogens with zero attached hydrogens (tertiary/aromatic N) is 2. The number of carbonyl (C=O) groups excluding carboxylic acids is 1. The van der Waals surface area contributed by atoms with Crippen LogP contribution in [0.25, 0.3) is 5.57 Å². The van der Waals surface area contributed by atoms with Crippen molar-refractivity contribution in [2.45, 2.75) is 16.3 Å². The Morgan fingerprint density at radius 1 is 1.04 bits per heavy atom. The molecule has 0 aliphatic rings. The average molecular weight is 421 g/mol.